The molecule has 3 aromatic heterocycles. The van der Waals surface area contributed by atoms with Gasteiger partial charge in [-0.15, -0.1) is 5.10 Å². The van der Waals surface area contributed by atoms with Crippen molar-refractivity contribution in [2.75, 3.05) is 20.3 Å². The van der Waals surface area contributed by atoms with E-state index in [0.29, 0.717) is 46.6 Å². The van der Waals surface area contributed by atoms with Crippen LogP contribution in [0.3, 0.4) is 0 Å². The summed E-state index contributed by atoms with van der Waals surface area (Å²) >= 11 is 6.28. The number of halogens is 1. The third kappa shape index (κ3) is 3.09. The van der Waals surface area contributed by atoms with Gasteiger partial charge in [-0.3, -0.25) is 9.78 Å². The molecule has 0 bridgehead atoms. The molecule has 0 spiro atoms. The molecule has 0 saturated carbocycles. The summed E-state index contributed by atoms with van der Waals surface area (Å²) in [5, 5.41) is 7.45. The molecule has 0 aromatic carbocycles. The number of carbonyl (C=O) groups is 1. The molecule has 0 radical (unpaired) electrons. The number of carbonyl (C=O) groups excluding carboxylic acids is 1. The zero-order valence-electron chi connectivity index (χ0n) is 14.0. The first-order chi connectivity index (χ1) is 12.7. The van der Waals surface area contributed by atoms with E-state index in [1.54, 1.807) is 36.1 Å². The van der Waals surface area contributed by atoms with Gasteiger partial charge in [0.1, 0.15) is 11.1 Å². The molecule has 3 aromatic rings. The van der Waals surface area contributed by atoms with Gasteiger partial charge in [-0.1, -0.05) is 11.6 Å². The van der Waals surface area contributed by atoms with Crippen LogP contribution in [0.5, 0.6) is 5.88 Å². The van der Waals surface area contributed by atoms with Crippen molar-refractivity contribution in [3.05, 3.63) is 41.3 Å². The minimum atomic E-state index is -0.213. The van der Waals surface area contributed by atoms with Gasteiger partial charge in [0, 0.05) is 37.5 Å². The van der Waals surface area contributed by atoms with Gasteiger partial charge in [0.05, 0.1) is 30.7 Å². The molecule has 4 heterocycles. The Morgan fingerprint density at radius 1 is 1.38 bits per heavy atom. The van der Waals surface area contributed by atoms with Gasteiger partial charge in [-0.25, -0.2) is 9.50 Å². The van der Waals surface area contributed by atoms with Crippen molar-refractivity contribution in [1.82, 2.24) is 24.9 Å². The smallest absolute Gasteiger partial charge is 0.252 e. The zero-order chi connectivity index (χ0) is 18.1. The number of amides is 1. The van der Waals surface area contributed by atoms with Crippen molar-refractivity contribution in [2.45, 2.75) is 12.5 Å². The van der Waals surface area contributed by atoms with Crippen LogP contribution in [-0.4, -0.2) is 51.9 Å². The molecular weight excluding hydrogens is 358 g/mol. The Labute approximate surface area is 154 Å². The molecule has 1 aliphatic heterocycles. The molecule has 134 valence electrons. The van der Waals surface area contributed by atoms with Crippen LogP contribution in [0.15, 0.2) is 30.7 Å². The number of ether oxygens (including phenoxy) is 2. The lowest BCUT2D eigenvalue weighted by molar-refractivity contribution is 0.0962. The van der Waals surface area contributed by atoms with E-state index < -0.39 is 0 Å². The average molecular weight is 374 g/mol. The van der Waals surface area contributed by atoms with Crippen LogP contribution in [0.4, 0.5) is 0 Å². The maximum absolute atomic E-state index is 11.9. The first kappa shape index (κ1) is 16.7. The van der Waals surface area contributed by atoms with Gasteiger partial charge in [0.2, 0.25) is 0 Å². The maximum Gasteiger partial charge on any atom is 0.252 e. The van der Waals surface area contributed by atoms with Crippen LogP contribution in [-0.2, 0) is 4.74 Å². The Hall–Kier alpha value is -2.71. The molecule has 1 N–H and O–H groups in total. The van der Waals surface area contributed by atoms with Gasteiger partial charge in [-0.05, 0) is 6.07 Å². The van der Waals surface area contributed by atoms with E-state index in [0.717, 1.165) is 6.42 Å². The van der Waals surface area contributed by atoms with Gasteiger partial charge in [-0.2, -0.15) is 0 Å². The van der Waals surface area contributed by atoms with Crippen LogP contribution in [0.1, 0.15) is 16.8 Å². The third-order valence-electron chi connectivity index (χ3n) is 4.10. The fraction of sp³-hybridized carbons (Fsp3) is 0.294. The average Bonchev–Trinajstić information content (AvgIpc) is 3.31. The zero-order valence-corrected chi connectivity index (χ0v) is 14.7. The number of nitrogens with zero attached hydrogens (tertiary/aromatic N) is 4. The second kappa shape index (κ2) is 6.89. The second-order valence-corrected chi connectivity index (χ2v) is 6.26. The standard InChI is InChI=1S/C17H16ClN5O3/c1-19-16(24)11-4-10(6-20-7-11)14-8-21-15-5-13(18)17(22-23(14)15)26-12-2-3-25-9-12/h4-8,12H,2-3,9H2,1H3,(H,19,24)/t12-/m0/s1. The van der Waals surface area contributed by atoms with E-state index in [2.05, 4.69) is 20.4 Å². The lowest BCUT2D eigenvalue weighted by Crippen LogP contribution is -2.18. The topological polar surface area (TPSA) is 90.6 Å². The van der Waals surface area contributed by atoms with Crippen molar-refractivity contribution >= 4 is 23.2 Å². The molecule has 1 atom stereocenters. The van der Waals surface area contributed by atoms with Crippen LogP contribution in [0.2, 0.25) is 5.02 Å². The third-order valence-corrected chi connectivity index (χ3v) is 4.38. The van der Waals surface area contributed by atoms with E-state index in [4.69, 9.17) is 21.1 Å². The molecule has 1 amide bonds. The van der Waals surface area contributed by atoms with Crippen molar-refractivity contribution in [1.29, 1.82) is 0 Å². The summed E-state index contributed by atoms with van der Waals surface area (Å²) in [5.74, 6) is 0.110. The second-order valence-electron chi connectivity index (χ2n) is 5.86. The Kier molecular flexibility index (Phi) is 4.44. The predicted molar refractivity (Wildman–Crippen MR) is 94.5 cm³/mol. The normalized spacial score (nSPS) is 16.8. The number of pyridine rings is 1. The number of rotatable bonds is 4. The first-order valence-corrected chi connectivity index (χ1v) is 8.49. The summed E-state index contributed by atoms with van der Waals surface area (Å²) in [7, 11) is 1.57. The number of fused-ring (bicyclic) bond motifs is 1. The maximum atomic E-state index is 11.9. The van der Waals surface area contributed by atoms with E-state index >= 15 is 0 Å². The van der Waals surface area contributed by atoms with Gasteiger partial charge in [0.15, 0.2) is 5.65 Å². The molecule has 1 fully saturated rings. The SMILES string of the molecule is CNC(=O)c1cncc(-c2cnc3cc(Cl)c(O[C@H]4CCOC4)nn23)c1. The molecule has 1 aliphatic rings. The minimum absolute atomic E-state index is 0.0670. The number of aromatic nitrogens is 4. The van der Waals surface area contributed by atoms with E-state index in [9.17, 15) is 4.79 Å². The van der Waals surface area contributed by atoms with E-state index in [-0.39, 0.29) is 12.0 Å². The highest BCUT2D eigenvalue weighted by atomic mass is 35.5. The summed E-state index contributed by atoms with van der Waals surface area (Å²) in [4.78, 5) is 20.3. The Balaban J connectivity index is 1.75. The number of hydrogen-bond donors (Lipinski definition) is 1. The Bertz CT molecular complexity index is 968. The Morgan fingerprint density at radius 3 is 3.04 bits per heavy atom. The number of hydrogen-bond acceptors (Lipinski definition) is 6. The first-order valence-electron chi connectivity index (χ1n) is 8.12. The van der Waals surface area contributed by atoms with Gasteiger partial charge < -0.3 is 14.8 Å². The highest BCUT2D eigenvalue weighted by Gasteiger charge is 2.21. The molecule has 0 unspecified atom stereocenters. The van der Waals surface area contributed by atoms with Crippen LogP contribution in [0, 0.1) is 0 Å². The highest BCUT2D eigenvalue weighted by molar-refractivity contribution is 6.32. The van der Waals surface area contributed by atoms with E-state index in [1.165, 1.54) is 6.20 Å². The molecular formula is C17H16ClN5O3. The lowest BCUT2D eigenvalue weighted by Gasteiger charge is -2.12. The summed E-state index contributed by atoms with van der Waals surface area (Å²) < 4.78 is 12.8. The summed E-state index contributed by atoms with van der Waals surface area (Å²) in [6, 6.07) is 3.43. The monoisotopic (exact) mass is 373 g/mol. The van der Waals surface area contributed by atoms with Crippen molar-refractivity contribution < 1.29 is 14.3 Å². The van der Waals surface area contributed by atoms with Crippen molar-refractivity contribution in [3.63, 3.8) is 0 Å². The van der Waals surface area contributed by atoms with Crippen LogP contribution in [0.25, 0.3) is 16.9 Å². The summed E-state index contributed by atoms with van der Waals surface area (Å²) in [6.07, 6.45) is 5.54. The summed E-state index contributed by atoms with van der Waals surface area (Å²) in [5.41, 5.74) is 2.42. The fourth-order valence-electron chi connectivity index (χ4n) is 2.77. The van der Waals surface area contributed by atoms with E-state index in [1.807, 2.05) is 0 Å². The number of nitrogens with one attached hydrogen (secondary N) is 1. The molecule has 4 rings (SSSR count). The quantitative estimate of drug-likeness (QED) is 0.752. The largest absolute Gasteiger partial charge is 0.470 e. The summed E-state index contributed by atoms with van der Waals surface area (Å²) in [6.45, 7) is 1.18. The van der Waals surface area contributed by atoms with Crippen LogP contribution < -0.4 is 10.1 Å². The van der Waals surface area contributed by atoms with Gasteiger partial charge >= 0.3 is 0 Å². The van der Waals surface area contributed by atoms with Gasteiger partial charge in [0.25, 0.3) is 11.8 Å². The molecule has 8 nitrogen and oxygen atoms in total. The van der Waals surface area contributed by atoms with Crippen LogP contribution >= 0.6 is 11.6 Å². The molecule has 9 heteroatoms. The number of imidazole rings is 1. The molecule has 26 heavy (non-hydrogen) atoms. The molecule has 0 aliphatic carbocycles. The molecule has 1 saturated heterocycles. The predicted octanol–water partition coefficient (Wildman–Crippen LogP) is 1.97. The van der Waals surface area contributed by atoms with Crippen molar-refractivity contribution in [2.24, 2.45) is 0 Å². The fourth-order valence-corrected chi connectivity index (χ4v) is 2.95. The Morgan fingerprint density at radius 2 is 2.27 bits per heavy atom. The lowest BCUT2D eigenvalue weighted by atomic mass is 10.1. The van der Waals surface area contributed by atoms with Crippen molar-refractivity contribution in [3.8, 4) is 17.1 Å². The highest BCUT2D eigenvalue weighted by Crippen LogP contribution is 2.28. The minimum Gasteiger partial charge on any atom is -0.470 e.